The number of hydrogen-bond donors (Lipinski definition) is 2. The minimum atomic E-state index is -1.14. The highest BCUT2D eigenvalue weighted by molar-refractivity contribution is 5.97. The van der Waals surface area contributed by atoms with Crippen LogP contribution in [0.1, 0.15) is 30.6 Å². The first kappa shape index (κ1) is 17.5. The lowest BCUT2D eigenvalue weighted by molar-refractivity contribution is -0.139. The Labute approximate surface area is 138 Å². The van der Waals surface area contributed by atoms with E-state index in [1.54, 1.807) is 6.07 Å². The van der Waals surface area contributed by atoms with E-state index in [0.717, 1.165) is 0 Å². The van der Waals surface area contributed by atoms with Crippen LogP contribution in [0, 0.1) is 11.7 Å². The highest BCUT2D eigenvalue weighted by atomic mass is 19.1. The van der Waals surface area contributed by atoms with Crippen LogP contribution < -0.4 is 5.32 Å². The summed E-state index contributed by atoms with van der Waals surface area (Å²) in [6.45, 7) is 3.69. The van der Waals surface area contributed by atoms with Gasteiger partial charge in [-0.3, -0.25) is 4.79 Å². The lowest BCUT2D eigenvalue weighted by atomic mass is 10.0. The number of rotatable bonds is 6. The molecule has 0 bridgehead atoms. The van der Waals surface area contributed by atoms with Crippen molar-refractivity contribution in [2.75, 3.05) is 0 Å². The quantitative estimate of drug-likeness (QED) is 0.848. The molecule has 1 aromatic carbocycles. The SMILES string of the molecule is CC(C)CC(NC(=O)c1ccc(-c2cncnc2)cc1F)C(=O)O. The molecule has 2 aromatic rings. The number of nitrogens with zero attached hydrogens (tertiary/aromatic N) is 2. The predicted octanol–water partition coefficient (Wildman–Crippen LogP) is 2.51. The van der Waals surface area contributed by atoms with Crippen LogP contribution in [0.15, 0.2) is 36.9 Å². The summed E-state index contributed by atoms with van der Waals surface area (Å²) in [4.78, 5) is 31.1. The zero-order valence-electron chi connectivity index (χ0n) is 13.4. The second-order valence-electron chi connectivity index (χ2n) is 5.82. The van der Waals surface area contributed by atoms with Crippen molar-refractivity contribution in [3.05, 3.63) is 48.3 Å². The molecule has 2 rings (SSSR count). The maximum absolute atomic E-state index is 14.3. The van der Waals surface area contributed by atoms with E-state index in [-0.39, 0.29) is 17.9 Å². The number of benzene rings is 1. The van der Waals surface area contributed by atoms with E-state index in [1.807, 2.05) is 13.8 Å². The van der Waals surface area contributed by atoms with E-state index in [2.05, 4.69) is 15.3 Å². The molecule has 0 saturated carbocycles. The van der Waals surface area contributed by atoms with Gasteiger partial charge in [0.2, 0.25) is 0 Å². The van der Waals surface area contributed by atoms with Crippen molar-refractivity contribution < 1.29 is 19.1 Å². The molecule has 0 aliphatic rings. The van der Waals surface area contributed by atoms with Crippen LogP contribution in [-0.2, 0) is 4.79 Å². The lowest BCUT2D eigenvalue weighted by Crippen LogP contribution is -2.41. The number of aromatic nitrogens is 2. The Morgan fingerprint density at radius 1 is 1.21 bits per heavy atom. The second-order valence-corrected chi connectivity index (χ2v) is 5.82. The van der Waals surface area contributed by atoms with Gasteiger partial charge in [0, 0.05) is 18.0 Å². The van der Waals surface area contributed by atoms with Crippen LogP contribution in [0.2, 0.25) is 0 Å². The standard InChI is InChI=1S/C17H18FN3O3/c1-10(2)5-15(17(23)24)21-16(22)13-4-3-11(6-14(13)18)12-7-19-9-20-8-12/h3-4,6-10,15H,5H2,1-2H3,(H,21,22)(H,23,24). The molecular weight excluding hydrogens is 313 g/mol. The minimum Gasteiger partial charge on any atom is -0.480 e. The van der Waals surface area contributed by atoms with Crippen molar-refractivity contribution >= 4 is 11.9 Å². The maximum atomic E-state index is 14.3. The fourth-order valence-corrected chi connectivity index (χ4v) is 2.26. The topological polar surface area (TPSA) is 92.2 Å². The maximum Gasteiger partial charge on any atom is 0.326 e. The van der Waals surface area contributed by atoms with Crippen molar-refractivity contribution in [1.82, 2.24) is 15.3 Å². The van der Waals surface area contributed by atoms with Crippen molar-refractivity contribution in [3.63, 3.8) is 0 Å². The Morgan fingerprint density at radius 3 is 2.42 bits per heavy atom. The van der Waals surface area contributed by atoms with E-state index in [9.17, 15) is 14.0 Å². The Bertz CT molecular complexity index is 735. The van der Waals surface area contributed by atoms with Crippen molar-refractivity contribution in [2.45, 2.75) is 26.3 Å². The summed E-state index contributed by atoms with van der Waals surface area (Å²) in [5, 5.41) is 11.5. The molecule has 1 atom stereocenters. The largest absolute Gasteiger partial charge is 0.480 e. The van der Waals surface area contributed by atoms with Crippen molar-refractivity contribution in [3.8, 4) is 11.1 Å². The molecule has 126 valence electrons. The van der Waals surface area contributed by atoms with Crippen LogP contribution in [0.25, 0.3) is 11.1 Å². The molecule has 1 amide bonds. The number of carboxylic acids is 1. The summed E-state index contributed by atoms with van der Waals surface area (Å²) < 4.78 is 14.3. The molecule has 1 unspecified atom stereocenters. The van der Waals surface area contributed by atoms with E-state index in [0.29, 0.717) is 11.1 Å². The van der Waals surface area contributed by atoms with Crippen LogP contribution in [-0.4, -0.2) is 33.0 Å². The highest BCUT2D eigenvalue weighted by Crippen LogP contribution is 2.20. The van der Waals surface area contributed by atoms with Gasteiger partial charge in [-0.1, -0.05) is 19.9 Å². The molecule has 2 N–H and O–H groups in total. The van der Waals surface area contributed by atoms with Gasteiger partial charge < -0.3 is 10.4 Å². The van der Waals surface area contributed by atoms with Crippen LogP contribution >= 0.6 is 0 Å². The number of halogens is 1. The molecule has 1 heterocycles. The molecule has 0 aliphatic carbocycles. The van der Waals surface area contributed by atoms with Gasteiger partial charge >= 0.3 is 5.97 Å². The summed E-state index contributed by atoms with van der Waals surface area (Å²) in [7, 11) is 0. The average Bonchev–Trinajstić information content (AvgIpc) is 2.54. The number of nitrogens with one attached hydrogen (secondary N) is 1. The summed E-state index contributed by atoms with van der Waals surface area (Å²) in [6, 6.07) is 3.03. The third-order valence-electron chi connectivity index (χ3n) is 3.42. The molecule has 6 nitrogen and oxygen atoms in total. The third kappa shape index (κ3) is 4.34. The lowest BCUT2D eigenvalue weighted by Gasteiger charge is -2.16. The van der Waals surface area contributed by atoms with Crippen molar-refractivity contribution in [1.29, 1.82) is 0 Å². The van der Waals surface area contributed by atoms with Gasteiger partial charge in [0.15, 0.2) is 0 Å². The summed E-state index contributed by atoms with van der Waals surface area (Å²) in [5.41, 5.74) is 0.943. The molecule has 24 heavy (non-hydrogen) atoms. The van der Waals surface area contributed by atoms with Gasteiger partial charge in [-0.25, -0.2) is 19.2 Å². The number of carbonyl (C=O) groups excluding carboxylic acids is 1. The average molecular weight is 331 g/mol. The number of amides is 1. The number of carboxylic acid groups (broad SMARTS) is 1. The normalized spacial score (nSPS) is 12.0. The Hall–Kier alpha value is -2.83. The first-order valence-electron chi connectivity index (χ1n) is 7.47. The van der Waals surface area contributed by atoms with E-state index in [4.69, 9.17) is 5.11 Å². The highest BCUT2D eigenvalue weighted by Gasteiger charge is 2.23. The third-order valence-corrected chi connectivity index (χ3v) is 3.42. The number of carbonyl (C=O) groups is 2. The molecule has 0 spiro atoms. The van der Waals surface area contributed by atoms with E-state index in [1.165, 1.54) is 30.9 Å². The smallest absolute Gasteiger partial charge is 0.326 e. The molecule has 0 aliphatic heterocycles. The van der Waals surface area contributed by atoms with Gasteiger partial charge in [0.05, 0.1) is 5.56 Å². The van der Waals surface area contributed by atoms with E-state index < -0.39 is 23.7 Å². The zero-order valence-corrected chi connectivity index (χ0v) is 13.4. The molecule has 0 fully saturated rings. The Kier molecular flexibility index (Phi) is 5.57. The second kappa shape index (κ2) is 7.63. The Morgan fingerprint density at radius 2 is 1.88 bits per heavy atom. The molecule has 0 saturated heterocycles. The van der Waals surface area contributed by atoms with Crippen LogP contribution in [0.4, 0.5) is 4.39 Å². The fourth-order valence-electron chi connectivity index (χ4n) is 2.26. The molecule has 7 heteroatoms. The summed E-state index contributed by atoms with van der Waals surface area (Å²) >= 11 is 0. The van der Waals surface area contributed by atoms with Crippen LogP contribution in [0.5, 0.6) is 0 Å². The predicted molar refractivity (Wildman–Crippen MR) is 85.8 cm³/mol. The first-order chi connectivity index (χ1) is 11.4. The Balaban J connectivity index is 2.19. The first-order valence-corrected chi connectivity index (χ1v) is 7.47. The van der Waals surface area contributed by atoms with Gasteiger partial charge in [-0.2, -0.15) is 0 Å². The van der Waals surface area contributed by atoms with Crippen molar-refractivity contribution in [2.24, 2.45) is 5.92 Å². The number of hydrogen-bond acceptors (Lipinski definition) is 4. The fraction of sp³-hybridized carbons (Fsp3) is 0.294. The van der Waals surface area contributed by atoms with Crippen LogP contribution in [0.3, 0.4) is 0 Å². The summed E-state index contributed by atoms with van der Waals surface area (Å²) in [6.07, 6.45) is 4.69. The van der Waals surface area contributed by atoms with Gasteiger partial charge in [0.1, 0.15) is 18.2 Å². The van der Waals surface area contributed by atoms with E-state index >= 15 is 0 Å². The molecular formula is C17H18FN3O3. The van der Waals surface area contributed by atoms with Gasteiger partial charge in [-0.05, 0) is 30.0 Å². The number of aliphatic carboxylic acids is 1. The molecule has 1 aromatic heterocycles. The van der Waals surface area contributed by atoms with Gasteiger partial charge in [0.25, 0.3) is 5.91 Å². The minimum absolute atomic E-state index is 0.0803. The van der Waals surface area contributed by atoms with Gasteiger partial charge in [-0.15, -0.1) is 0 Å². The zero-order chi connectivity index (χ0) is 17.7. The summed E-state index contributed by atoms with van der Waals surface area (Å²) in [5.74, 6) is -2.55. The molecule has 0 radical (unpaired) electrons. The monoisotopic (exact) mass is 331 g/mol.